The van der Waals surface area contributed by atoms with Gasteiger partial charge >= 0.3 is 0 Å². The number of rotatable bonds is 7. The van der Waals surface area contributed by atoms with Gasteiger partial charge in [-0.15, -0.1) is 0 Å². The molecule has 0 heterocycles. The number of hydrogen-bond acceptors (Lipinski definition) is 0. The highest BCUT2D eigenvalue weighted by atomic mass is 14.4. The van der Waals surface area contributed by atoms with Crippen molar-refractivity contribution in [3.8, 4) is 100 Å². The fraction of sp³-hybridized carbons (Fsp3) is 0.0811. The van der Waals surface area contributed by atoms with Crippen molar-refractivity contribution in [2.75, 3.05) is 0 Å². The Morgan fingerprint density at radius 3 is 0.635 bits per heavy atom. The van der Waals surface area contributed by atoms with Gasteiger partial charge in [-0.05, 0) is 180 Å². The Hall–Kier alpha value is -8.84. The minimum absolute atomic E-state index is 0.138. The van der Waals surface area contributed by atoms with Crippen molar-refractivity contribution < 1.29 is 0 Å². The van der Waals surface area contributed by atoms with Gasteiger partial charge in [-0.3, -0.25) is 0 Å². The van der Waals surface area contributed by atoms with Crippen LogP contribution >= 0.6 is 0 Å². The lowest BCUT2D eigenvalue weighted by Gasteiger charge is -2.24. The van der Waals surface area contributed by atoms with E-state index in [0.717, 1.165) is 0 Å². The molecule has 14 rings (SSSR count). The summed E-state index contributed by atoms with van der Waals surface area (Å²) >= 11 is 0. The second-order valence-electron chi connectivity index (χ2n) is 21.7. The number of hydrogen-bond donors (Lipinski definition) is 0. The maximum atomic E-state index is 2.47. The van der Waals surface area contributed by atoms with Crippen molar-refractivity contribution in [1.29, 1.82) is 0 Å². The molecular weight excluding hydrogens is 889 g/mol. The van der Waals surface area contributed by atoms with E-state index < -0.39 is 0 Å². The smallest absolute Gasteiger partial charge is 0.0159 e. The highest BCUT2D eigenvalue weighted by Crippen LogP contribution is 2.53. The quantitative estimate of drug-likeness (QED) is 0.149. The van der Waals surface area contributed by atoms with Crippen LogP contribution in [-0.2, 0) is 10.8 Å². The van der Waals surface area contributed by atoms with Gasteiger partial charge in [0.05, 0.1) is 0 Å². The number of fused-ring (bicyclic) bond motifs is 8. The lowest BCUT2D eigenvalue weighted by Crippen LogP contribution is -2.15. The molecular formula is C74H54. The third-order valence-electron chi connectivity index (χ3n) is 16.7. The van der Waals surface area contributed by atoms with Gasteiger partial charge in [-0.2, -0.15) is 0 Å². The summed E-state index contributed by atoms with van der Waals surface area (Å²) in [7, 11) is 0. The summed E-state index contributed by atoms with van der Waals surface area (Å²) in [4.78, 5) is 0. The molecule has 2 aliphatic carbocycles. The summed E-state index contributed by atoms with van der Waals surface area (Å²) in [6.45, 7) is 9.59. The van der Waals surface area contributed by atoms with Crippen molar-refractivity contribution in [3.63, 3.8) is 0 Å². The summed E-state index contributed by atoms with van der Waals surface area (Å²) in [5.74, 6) is 0. The third-order valence-corrected chi connectivity index (χ3v) is 16.7. The van der Waals surface area contributed by atoms with Crippen molar-refractivity contribution in [2.45, 2.75) is 38.5 Å². The van der Waals surface area contributed by atoms with Crippen LogP contribution in [0.2, 0.25) is 0 Å². The van der Waals surface area contributed by atoms with Gasteiger partial charge in [-0.1, -0.05) is 246 Å². The van der Waals surface area contributed by atoms with Crippen LogP contribution in [-0.4, -0.2) is 0 Å². The Bertz CT molecular complexity index is 4180. The van der Waals surface area contributed by atoms with Gasteiger partial charge in [0.2, 0.25) is 0 Å². The Kier molecular flexibility index (Phi) is 10.0. The lowest BCUT2D eigenvalue weighted by atomic mass is 9.79. The average molecular weight is 943 g/mol. The van der Waals surface area contributed by atoms with Crippen LogP contribution in [0.4, 0.5) is 0 Å². The van der Waals surface area contributed by atoms with E-state index in [1.54, 1.807) is 0 Å². The zero-order valence-corrected chi connectivity index (χ0v) is 42.2. The van der Waals surface area contributed by atoms with Gasteiger partial charge in [0, 0.05) is 10.8 Å². The van der Waals surface area contributed by atoms with E-state index in [9.17, 15) is 0 Å². The van der Waals surface area contributed by atoms with Crippen molar-refractivity contribution in [1.82, 2.24) is 0 Å². The molecule has 0 N–H and O–H groups in total. The number of benzene rings is 12. The van der Waals surface area contributed by atoms with Gasteiger partial charge in [0.15, 0.2) is 0 Å². The van der Waals surface area contributed by atoms with E-state index in [2.05, 4.69) is 282 Å². The largest absolute Gasteiger partial charge is 0.0616 e. The predicted molar refractivity (Wildman–Crippen MR) is 315 cm³/mol. The summed E-state index contributed by atoms with van der Waals surface area (Å²) in [5, 5.41) is 5.08. The fourth-order valence-electron chi connectivity index (χ4n) is 12.4. The first kappa shape index (κ1) is 43.9. The second kappa shape index (κ2) is 16.9. The molecule has 0 unspecified atom stereocenters. The molecule has 12 aromatic rings. The first-order valence-corrected chi connectivity index (χ1v) is 26.1. The van der Waals surface area contributed by atoms with Gasteiger partial charge in [0.25, 0.3) is 0 Å². The molecule has 0 saturated carbocycles. The molecule has 2 aliphatic rings. The van der Waals surface area contributed by atoms with Gasteiger partial charge in [-0.25, -0.2) is 0 Å². The average Bonchev–Trinajstić information content (AvgIpc) is 3.83. The first-order chi connectivity index (χ1) is 36.1. The Labute approximate surface area is 434 Å². The fourth-order valence-corrected chi connectivity index (χ4v) is 12.4. The monoisotopic (exact) mass is 942 g/mol. The highest BCUT2D eigenvalue weighted by Gasteiger charge is 2.38. The van der Waals surface area contributed by atoms with E-state index in [0.29, 0.717) is 0 Å². The minimum Gasteiger partial charge on any atom is -0.0616 e. The summed E-state index contributed by atoms with van der Waals surface area (Å²) in [6.07, 6.45) is 0. The highest BCUT2D eigenvalue weighted by molar-refractivity contribution is 5.91. The Balaban J connectivity index is 0.678. The SMILES string of the molecule is CC1(C)c2cc(-c3ccc(-c4ccc(-c5ccc(-c6ccc7ccccc7c6)cc5)cc4)cc3)ccc2-c2ccc(-c3ccc4c(c3)C(C)(C)c3cc(-c5ccc(-c6ccc7ccccc7c6)cc5)ccc3-4)cc21. The van der Waals surface area contributed by atoms with Crippen molar-refractivity contribution in [2.24, 2.45) is 0 Å². The Morgan fingerprint density at radius 2 is 0.365 bits per heavy atom. The van der Waals surface area contributed by atoms with Crippen molar-refractivity contribution >= 4 is 21.5 Å². The first-order valence-electron chi connectivity index (χ1n) is 26.1. The van der Waals surface area contributed by atoms with Crippen LogP contribution in [0.25, 0.3) is 122 Å². The van der Waals surface area contributed by atoms with E-state index in [-0.39, 0.29) is 10.8 Å². The van der Waals surface area contributed by atoms with Crippen LogP contribution in [0, 0.1) is 0 Å². The summed E-state index contributed by atoms with van der Waals surface area (Å²) in [6, 6.07) is 95.2. The van der Waals surface area contributed by atoms with E-state index in [1.165, 1.54) is 144 Å². The summed E-state index contributed by atoms with van der Waals surface area (Å²) in [5.41, 5.74) is 28.0. The molecule has 12 aromatic carbocycles. The van der Waals surface area contributed by atoms with E-state index in [1.807, 2.05) is 0 Å². The van der Waals surface area contributed by atoms with Crippen LogP contribution in [0.15, 0.2) is 255 Å². The van der Waals surface area contributed by atoms with Crippen molar-refractivity contribution in [3.05, 3.63) is 277 Å². The Morgan fingerprint density at radius 1 is 0.176 bits per heavy atom. The van der Waals surface area contributed by atoms with Gasteiger partial charge < -0.3 is 0 Å². The molecule has 0 aliphatic heterocycles. The van der Waals surface area contributed by atoms with Crippen LogP contribution in [0.3, 0.4) is 0 Å². The molecule has 74 heavy (non-hydrogen) atoms. The maximum Gasteiger partial charge on any atom is 0.0159 e. The molecule has 0 aromatic heterocycles. The maximum absolute atomic E-state index is 2.47. The molecule has 0 fully saturated rings. The molecule has 0 spiro atoms. The zero-order chi connectivity index (χ0) is 49.7. The summed E-state index contributed by atoms with van der Waals surface area (Å²) < 4.78 is 0. The molecule has 0 amide bonds. The van der Waals surface area contributed by atoms with Gasteiger partial charge in [0.1, 0.15) is 0 Å². The lowest BCUT2D eigenvalue weighted by molar-refractivity contribution is 0.660. The molecule has 0 nitrogen and oxygen atoms in total. The molecule has 0 heteroatoms. The second-order valence-corrected chi connectivity index (χ2v) is 21.7. The standard InChI is InChI=1S/C74H54/c1-73(2)69-43-61(55-23-19-52(20-24-55)50-15-13-49(14-16-50)51-17-21-53(22-18-51)59-31-29-47-9-5-7-11-57(47)41-59)33-37-65(69)67-39-35-63(45-71(67)73)64-36-40-68-66-38-34-62(44-70(66)74(3,4)72(68)46-64)56-27-25-54(26-28-56)60-32-30-48-10-6-8-12-58(48)42-60/h5-46H,1-4H3. The predicted octanol–water partition coefficient (Wildman–Crippen LogP) is 20.3. The zero-order valence-electron chi connectivity index (χ0n) is 42.2. The van der Waals surface area contributed by atoms with Crippen LogP contribution < -0.4 is 0 Å². The third kappa shape index (κ3) is 7.27. The molecule has 0 saturated heterocycles. The van der Waals surface area contributed by atoms with E-state index >= 15 is 0 Å². The molecule has 350 valence electrons. The molecule has 0 atom stereocenters. The molecule has 0 radical (unpaired) electrons. The topological polar surface area (TPSA) is 0 Å². The minimum atomic E-state index is -0.147. The normalized spacial score (nSPS) is 13.6. The van der Waals surface area contributed by atoms with Crippen LogP contribution in [0.1, 0.15) is 49.9 Å². The molecule has 0 bridgehead atoms. The van der Waals surface area contributed by atoms with E-state index in [4.69, 9.17) is 0 Å². The van der Waals surface area contributed by atoms with Crippen LogP contribution in [0.5, 0.6) is 0 Å².